The fraction of sp³-hybridized carbons (Fsp3) is 0.200. The Morgan fingerprint density at radius 1 is 1.50 bits per heavy atom. The highest BCUT2D eigenvalue weighted by Crippen LogP contribution is 2.41. The Morgan fingerprint density at radius 2 is 2.08 bits per heavy atom. The van der Waals surface area contributed by atoms with Gasteiger partial charge in [0.05, 0.1) is 0 Å². The van der Waals surface area contributed by atoms with Crippen molar-refractivity contribution < 1.29 is 0 Å². The molecule has 0 amide bonds. The van der Waals surface area contributed by atoms with Crippen LogP contribution in [0.1, 0.15) is 11.3 Å². The van der Waals surface area contributed by atoms with Crippen molar-refractivity contribution in [2.45, 2.75) is 3.79 Å². The minimum absolute atomic E-state index is 0.0949. The molecule has 1 aromatic rings. The molecule has 1 rings (SSSR count). The van der Waals surface area contributed by atoms with Gasteiger partial charge >= 0.3 is 0 Å². The van der Waals surface area contributed by atoms with Crippen molar-refractivity contribution in [3.05, 3.63) is 11.3 Å². The topological polar surface area (TPSA) is 62.7 Å². The maximum absolute atomic E-state index is 8.61. The Labute approximate surface area is 87.8 Å². The molecule has 0 aliphatic rings. The number of alkyl halides is 3. The van der Waals surface area contributed by atoms with Crippen molar-refractivity contribution in [3.63, 3.8) is 0 Å². The molecule has 1 aromatic heterocycles. The molecule has 0 radical (unpaired) electrons. The van der Waals surface area contributed by atoms with E-state index in [0.717, 1.165) is 11.5 Å². The minimum atomic E-state index is -1.68. The summed E-state index contributed by atoms with van der Waals surface area (Å²) < 4.78 is 2.07. The van der Waals surface area contributed by atoms with Gasteiger partial charge in [-0.1, -0.05) is 34.8 Å². The zero-order valence-corrected chi connectivity index (χ0v) is 8.60. The van der Waals surface area contributed by atoms with Gasteiger partial charge < -0.3 is 5.73 Å². The molecule has 1 heterocycles. The number of rotatable bonds is 0. The molecular formula is C5H2Cl3N3S. The summed E-state index contributed by atoms with van der Waals surface area (Å²) in [5.74, 6) is 0. The second-order valence-electron chi connectivity index (χ2n) is 1.88. The summed E-state index contributed by atoms with van der Waals surface area (Å²) >= 11 is 17.5. The summed E-state index contributed by atoms with van der Waals surface area (Å²) in [5, 5.41) is 8.88. The Balaban J connectivity index is 3.28. The van der Waals surface area contributed by atoms with Gasteiger partial charge in [0.1, 0.15) is 22.3 Å². The van der Waals surface area contributed by atoms with Crippen LogP contribution in [-0.2, 0) is 3.79 Å². The molecule has 3 nitrogen and oxygen atoms in total. The molecule has 0 saturated carbocycles. The Morgan fingerprint density at radius 3 is 2.42 bits per heavy atom. The SMILES string of the molecule is N#Cc1c(C(Cl)(Cl)Cl)nsc1N. The number of halogens is 3. The van der Waals surface area contributed by atoms with Gasteiger partial charge in [0.15, 0.2) is 0 Å². The Kier molecular flexibility index (Phi) is 2.69. The highest BCUT2D eigenvalue weighted by atomic mass is 35.6. The van der Waals surface area contributed by atoms with Gasteiger partial charge in [-0.15, -0.1) is 0 Å². The first-order valence-electron chi connectivity index (χ1n) is 2.69. The highest BCUT2D eigenvalue weighted by Gasteiger charge is 2.30. The lowest BCUT2D eigenvalue weighted by Crippen LogP contribution is -2.03. The van der Waals surface area contributed by atoms with Gasteiger partial charge in [0.2, 0.25) is 3.79 Å². The van der Waals surface area contributed by atoms with Crippen molar-refractivity contribution >= 4 is 51.3 Å². The van der Waals surface area contributed by atoms with Gasteiger partial charge in [-0.25, -0.2) is 0 Å². The number of nitrogen functional groups attached to an aromatic ring is 1. The zero-order chi connectivity index (χ0) is 9.35. The third-order valence-corrected chi connectivity index (χ3v) is 2.31. The van der Waals surface area contributed by atoms with Crippen LogP contribution in [0, 0.1) is 11.3 Å². The molecule has 0 saturated heterocycles. The van der Waals surface area contributed by atoms with Crippen LogP contribution in [0.15, 0.2) is 0 Å². The largest absolute Gasteiger partial charge is 0.388 e. The monoisotopic (exact) mass is 241 g/mol. The lowest BCUT2D eigenvalue weighted by Gasteiger charge is -2.06. The summed E-state index contributed by atoms with van der Waals surface area (Å²) in [6, 6.07) is 1.82. The van der Waals surface area contributed by atoms with E-state index in [1.165, 1.54) is 0 Å². The predicted octanol–water partition coefficient (Wildman–Crippen LogP) is 2.42. The number of hydrogen-bond donors (Lipinski definition) is 1. The van der Waals surface area contributed by atoms with Gasteiger partial charge in [0.25, 0.3) is 0 Å². The van der Waals surface area contributed by atoms with Crippen LogP contribution < -0.4 is 5.73 Å². The molecule has 64 valence electrons. The Bertz CT molecular complexity index is 335. The number of aromatic nitrogens is 1. The first-order valence-corrected chi connectivity index (χ1v) is 4.60. The van der Waals surface area contributed by atoms with E-state index in [1.807, 2.05) is 6.07 Å². The number of anilines is 1. The van der Waals surface area contributed by atoms with Crippen LogP contribution in [0.3, 0.4) is 0 Å². The predicted molar refractivity (Wildman–Crippen MR) is 50.5 cm³/mol. The number of nitriles is 1. The van der Waals surface area contributed by atoms with Crippen LogP contribution in [0.5, 0.6) is 0 Å². The molecule has 0 fully saturated rings. The van der Waals surface area contributed by atoms with E-state index in [0.29, 0.717) is 0 Å². The van der Waals surface area contributed by atoms with E-state index in [9.17, 15) is 0 Å². The van der Waals surface area contributed by atoms with Crippen molar-refractivity contribution in [3.8, 4) is 6.07 Å². The highest BCUT2D eigenvalue weighted by molar-refractivity contribution is 7.10. The zero-order valence-electron chi connectivity index (χ0n) is 5.51. The van der Waals surface area contributed by atoms with Crippen molar-refractivity contribution in [2.75, 3.05) is 5.73 Å². The van der Waals surface area contributed by atoms with E-state index in [1.54, 1.807) is 0 Å². The lowest BCUT2D eigenvalue weighted by atomic mass is 10.3. The molecule has 7 heteroatoms. The van der Waals surface area contributed by atoms with Gasteiger partial charge in [0, 0.05) is 0 Å². The van der Waals surface area contributed by atoms with E-state index >= 15 is 0 Å². The molecule has 12 heavy (non-hydrogen) atoms. The molecule has 0 unspecified atom stereocenters. The summed E-state index contributed by atoms with van der Waals surface area (Å²) in [4.78, 5) is 0. The molecule has 2 N–H and O–H groups in total. The first kappa shape index (κ1) is 9.87. The molecule has 0 aliphatic heterocycles. The normalized spacial score (nSPS) is 11.2. The summed E-state index contributed by atoms with van der Waals surface area (Å²) in [7, 11) is 0. The first-order chi connectivity index (χ1) is 5.46. The third-order valence-electron chi connectivity index (χ3n) is 1.10. The fourth-order valence-electron chi connectivity index (χ4n) is 0.604. The van der Waals surface area contributed by atoms with Crippen LogP contribution in [0.2, 0.25) is 0 Å². The van der Waals surface area contributed by atoms with Gasteiger partial charge in [-0.2, -0.15) is 9.64 Å². The second kappa shape index (κ2) is 3.27. The average molecular weight is 243 g/mol. The summed E-state index contributed by atoms with van der Waals surface area (Å²) in [5.41, 5.74) is 5.64. The molecule has 0 atom stereocenters. The number of hydrogen-bond acceptors (Lipinski definition) is 4. The van der Waals surface area contributed by atoms with Gasteiger partial charge in [-0.05, 0) is 11.5 Å². The lowest BCUT2D eigenvalue weighted by molar-refractivity contribution is 1.15. The maximum Gasteiger partial charge on any atom is 0.235 e. The van der Waals surface area contributed by atoms with Crippen LogP contribution in [0.25, 0.3) is 0 Å². The smallest absolute Gasteiger partial charge is 0.235 e. The molecule has 0 aromatic carbocycles. The third kappa shape index (κ3) is 1.75. The number of nitrogens with zero attached hydrogens (tertiary/aromatic N) is 2. The van der Waals surface area contributed by atoms with Crippen molar-refractivity contribution in [1.29, 1.82) is 5.26 Å². The summed E-state index contributed by atoms with van der Waals surface area (Å²) in [6.45, 7) is 0. The van der Waals surface area contributed by atoms with Crippen LogP contribution in [-0.4, -0.2) is 4.37 Å². The standard InChI is InChI=1S/C5H2Cl3N3S/c6-5(7,8)3-2(1-9)4(10)12-11-3/h10H2. The van der Waals surface area contributed by atoms with Crippen LogP contribution >= 0.6 is 46.3 Å². The molecule has 0 aliphatic carbocycles. The van der Waals surface area contributed by atoms with Crippen LogP contribution in [0.4, 0.5) is 5.00 Å². The van der Waals surface area contributed by atoms with Crippen molar-refractivity contribution in [1.82, 2.24) is 4.37 Å². The van der Waals surface area contributed by atoms with E-state index in [4.69, 9.17) is 45.8 Å². The second-order valence-corrected chi connectivity index (χ2v) is 4.97. The number of nitrogens with two attached hydrogens (primary N) is 1. The van der Waals surface area contributed by atoms with E-state index in [-0.39, 0.29) is 16.3 Å². The Hall–Kier alpha value is -0.210. The summed E-state index contributed by atoms with van der Waals surface area (Å²) in [6.07, 6.45) is 0. The minimum Gasteiger partial charge on any atom is -0.388 e. The fourth-order valence-corrected chi connectivity index (χ4v) is 1.82. The average Bonchev–Trinajstić information content (AvgIpc) is 2.29. The quantitative estimate of drug-likeness (QED) is 0.711. The van der Waals surface area contributed by atoms with Gasteiger partial charge in [-0.3, -0.25) is 0 Å². The molecule has 0 spiro atoms. The molecule has 0 bridgehead atoms. The van der Waals surface area contributed by atoms with E-state index in [2.05, 4.69) is 4.37 Å². The molecular weight excluding hydrogens is 241 g/mol. The van der Waals surface area contributed by atoms with E-state index < -0.39 is 3.79 Å². The maximum atomic E-state index is 8.61. The van der Waals surface area contributed by atoms with Crippen molar-refractivity contribution in [2.24, 2.45) is 0 Å².